The minimum absolute atomic E-state index is 1.19. The third kappa shape index (κ3) is 0.580. The van der Waals surface area contributed by atoms with Crippen molar-refractivity contribution in [3.63, 3.8) is 0 Å². The summed E-state index contributed by atoms with van der Waals surface area (Å²) >= 11 is 0. The molecule has 0 aromatic carbocycles. The average Bonchev–Trinajstić information content (AvgIpc) is 2.50. The summed E-state index contributed by atoms with van der Waals surface area (Å²) in [5, 5.41) is 0. The first-order valence-corrected chi connectivity index (χ1v) is 4.97. The van der Waals surface area contributed by atoms with E-state index in [-0.39, 0.29) is 0 Å². The Morgan fingerprint density at radius 1 is 0.700 bits per heavy atom. The molecule has 0 aromatic heterocycles. The van der Waals surface area contributed by atoms with E-state index in [1.807, 2.05) is 0 Å². The van der Waals surface area contributed by atoms with Gasteiger partial charge in [0.15, 0.2) is 0 Å². The van der Waals surface area contributed by atoms with Crippen LogP contribution in [0.5, 0.6) is 0 Å². The van der Waals surface area contributed by atoms with Crippen molar-refractivity contribution >= 4 is 0 Å². The fourth-order valence-corrected chi connectivity index (χ4v) is 3.71. The maximum atomic E-state index is 1.60. The largest absolute Gasteiger partial charge is 0.0530 e. The predicted molar refractivity (Wildman–Crippen MR) is 41.7 cm³/mol. The lowest BCUT2D eigenvalue weighted by Gasteiger charge is -2.07. The second-order valence-corrected chi connectivity index (χ2v) is 4.53. The summed E-state index contributed by atoms with van der Waals surface area (Å²) < 4.78 is 0. The van der Waals surface area contributed by atoms with E-state index >= 15 is 0 Å². The van der Waals surface area contributed by atoms with Gasteiger partial charge in [0.25, 0.3) is 0 Å². The summed E-state index contributed by atoms with van der Waals surface area (Å²) in [7, 11) is 0. The highest BCUT2D eigenvalue weighted by Crippen LogP contribution is 2.64. The van der Waals surface area contributed by atoms with Gasteiger partial charge in [-0.25, -0.2) is 0 Å². The van der Waals surface area contributed by atoms with Crippen LogP contribution in [0.2, 0.25) is 0 Å². The van der Waals surface area contributed by atoms with Crippen LogP contribution in [-0.2, 0) is 0 Å². The summed E-state index contributed by atoms with van der Waals surface area (Å²) in [6.45, 7) is 0. The molecular formula is C10H16. The van der Waals surface area contributed by atoms with Crippen LogP contribution < -0.4 is 0 Å². The molecule has 3 saturated carbocycles. The van der Waals surface area contributed by atoms with Crippen LogP contribution in [0.15, 0.2) is 0 Å². The molecule has 0 aliphatic heterocycles. The third-order valence-electron chi connectivity index (χ3n) is 4.18. The van der Waals surface area contributed by atoms with Gasteiger partial charge in [-0.1, -0.05) is 19.3 Å². The Bertz CT molecular complexity index is 150. The first-order valence-electron chi connectivity index (χ1n) is 4.97. The van der Waals surface area contributed by atoms with Gasteiger partial charge in [0, 0.05) is 0 Å². The van der Waals surface area contributed by atoms with Crippen molar-refractivity contribution in [1.29, 1.82) is 0 Å². The molecule has 4 atom stereocenters. The average molecular weight is 136 g/mol. The van der Waals surface area contributed by atoms with Crippen LogP contribution >= 0.6 is 0 Å². The highest BCUT2D eigenvalue weighted by atomic mass is 14.6. The molecule has 0 radical (unpaired) electrons. The molecule has 0 aromatic rings. The Morgan fingerprint density at radius 3 is 2.50 bits per heavy atom. The van der Waals surface area contributed by atoms with Crippen LogP contribution in [0.25, 0.3) is 0 Å². The molecule has 56 valence electrons. The molecule has 3 rings (SSSR count). The number of hydrogen-bond acceptors (Lipinski definition) is 0. The maximum Gasteiger partial charge on any atom is -0.0323 e. The van der Waals surface area contributed by atoms with Gasteiger partial charge in [-0.3, -0.25) is 0 Å². The van der Waals surface area contributed by atoms with E-state index in [1.54, 1.807) is 38.5 Å². The van der Waals surface area contributed by atoms with Crippen LogP contribution in [0.3, 0.4) is 0 Å². The molecule has 0 bridgehead atoms. The van der Waals surface area contributed by atoms with Gasteiger partial charge in [-0.15, -0.1) is 0 Å². The van der Waals surface area contributed by atoms with Gasteiger partial charge in [-0.2, -0.15) is 0 Å². The van der Waals surface area contributed by atoms with Crippen molar-refractivity contribution in [2.24, 2.45) is 23.7 Å². The van der Waals surface area contributed by atoms with Crippen molar-refractivity contribution in [2.45, 2.75) is 38.5 Å². The minimum atomic E-state index is 1.19. The number of hydrogen-bond donors (Lipinski definition) is 0. The quantitative estimate of drug-likeness (QED) is 0.480. The molecule has 0 heterocycles. The van der Waals surface area contributed by atoms with Gasteiger partial charge in [0.05, 0.1) is 0 Å². The molecule has 0 N–H and O–H groups in total. The van der Waals surface area contributed by atoms with Crippen LogP contribution in [0.1, 0.15) is 38.5 Å². The fraction of sp³-hybridized carbons (Fsp3) is 1.00. The monoisotopic (exact) mass is 136 g/mol. The van der Waals surface area contributed by atoms with Gasteiger partial charge >= 0.3 is 0 Å². The van der Waals surface area contributed by atoms with E-state index in [2.05, 4.69) is 0 Å². The Morgan fingerprint density at radius 2 is 1.50 bits per heavy atom. The first kappa shape index (κ1) is 5.62. The van der Waals surface area contributed by atoms with Crippen LogP contribution in [-0.4, -0.2) is 0 Å². The Balaban J connectivity index is 1.84. The van der Waals surface area contributed by atoms with Crippen molar-refractivity contribution in [3.8, 4) is 0 Å². The van der Waals surface area contributed by atoms with Gasteiger partial charge < -0.3 is 0 Å². The third-order valence-corrected chi connectivity index (χ3v) is 4.18. The lowest BCUT2D eigenvalue weighted by atomic mass is 9.98. The number of fused-ring (bicyclic) bond motifs is 1. The zero-order chi connectivity index (χ0) is 6.55. The van der Waals surface area contributed by atoms with E-state index in [0.717, 1.165) is 0 Å². The van der Waals surface area contributed by atoms with E-state index in [0.29, 0.717) is 0 Å². The number of rotatable bonds is 0. The smallest absolute Gasteiger partial charge is 0.0323 e. The standard InChI is InChI=1S/C10H16/c1-2-4-8-9-6-5-7(3-1)10(8)9/h7-10H,1-6H2/t7-,8+,9-,10+/m0/s1. The Kier molecular flexibility index (Phi) is 1.00. The van der Waals surface area contributed by atoms with Gasteiger partial charge in [-0.05, 0) is 42.9 Å². The first-order chi connectivity index (χ1) is 4.97. The zero-order valence-electron chi connectivity index (χ0n) is 6.55. The maximum absolute atomic E-state index is 1.60. The van der Waals surface area contributed by atoms with Gasteiger partial charge in [0.2, 0.25) is 0 Å². The minimum Gasteiger partial charge on any atom is -0.0530 e. The summed E-state index contributed by atoms with van der Waals surface area (Å²) in [4.78, 5) is 0. The summed E-state index contributed by atoms with van der Waals surface area (Å²) in [6, 6.07) is 0. The lowest BCUT2D eigenvalue weighted by molar-refractivity contribution is 0.429. The molecular weight excluding hydrogens is 120 g/mol. The topological polar surface area (TPSA) is 0 Å². The second kappa shape index (κ2) is 1.78. The molecule has 3 aliphatic carbocycles. The van der Waals surface area contributed by atoms with E-state index in [1.165, 1.54) is 23.7 Å². The normalized spacial score (nSPS) is 57.6. The summed E-state index contributed by atoms with van der Waals surface area (Å²) in [6.07, 6.45) is 9.45. The second-order valence-electron chi connectivity index (χ2n) is 4.53. The summed E-state index contributed by atoms with van der Waals surface area (Å²) in [5.74, 6) is 4.88. The summed E-state index contributed by atoms with van der Waals surface area (Å²) in [5.41, 5.74) is 0. The van der Waals surface area contributed by atoms with E-state index < -0.39 is 0 Å². The van der Waals surface area contributed by atoms with Gasteiger partial charge in [0.1, 0.15) is 0 Å². The molecule has 0 nitrogen and oxygen atoms in total. The molecule has 3 fully saturated rings. The molecule has 0 heteroatoms. The highest BCUT2D eigenvalue weighted by molar-refractivity contribution is 5.06. The molecule has 3 aliphatic rings. The molecule has 0 saturated heterocycles. The SMILES string of the molecule is C1CC[C@@H]2[C@@H]3CC[C@H](C1)[C@H]23. The molecule has 0 spiro atoms. The van der Waals surface area contributed by atoms with E-state index in [4.69, 9.17) is 0 Å². The fourth-order valence-electron chi connectivity index (χ4n) is 3.71. The Labute approximate surface area is 63.0 Å². The lowest BCUT2D eigenvalue weighted by Crippen LogP contribution is -1.98. The van der Waals surface area contributed by atoms with Crippen molar-refractivity contribution in [3.05, 3.63) is 0 Å². The van der Waals surface area contributed by atoms with Crippen molar-refractivity contribution < 1.29 is 0 Å². The van der Waals surface area contributed by atoms with E-state index in [9.17, 15) is 0 Å². The van der Waals surface area contributed by atoms with Crippen molar-refractivity contribution in [1.82, 2.24) is 0 Å². The Hall–Kier alpha value is 0. The molecule has 0 unspecified atom stereocenters. The molecule has 0 amide bonds. The zero-order valence-corrected chi connectivity index (χ0v) is 6.55. The van der Waals surface area contributed by atoms with Crippen LogP contribution in [0.4, 0.5) is 0 Å². The predicted octanol–water partition coefficient (Wildman–Crippen LogP) is 2.83. The highest BCUT2D eigenvalue weighted by Gasteiger charge is 2.57. The van der Waals surface area contributed by atoms with Crippen molar-refractivity contribution in [2.75, 3.05) is 0 Å². The van der Waals surface area contributed by atoms with Crippen LogP contribution in [0, 0.1) is 23.7 Å². The molecule has 10 heavy (non-hydrogen) atoms.